The zero-order chi connectivity index (χ0) is 13.7. The molecule has 0 aromatic heterocycles. The molecule has 0 saturated carbocycles. The first-order valence-corrected chi connectivity index (χ1v) is 5.66. The van der Waals surface area contributed by atoms with Crippen molar-refractivity contribution in [2.45, 2.75) is 20.3 Å². The van der Waals surface area contributed by atoms with E-state index in [1.165, 1.54) is 18.2 Å². The Morgan fingerprint density at radius 2 is 2.11 bits per heavy atom. The number of amides is 1. The lowest BCUT2D eigenvalue weighted by Crippen LogP contribution is -2.29. The number of carbonyl (C=O) groups is 2. The van der Waals surface area contributed by atoms with Gasteiger partial charge in [-0.3, -0.25) is 9.59 Å². The lowest BCUT2D eigenvalue weighted by molar-refractivity contribution is -0.137. The fourth-order valence-electron chi connectivity index (χ4n) is 1.47. The van der Waals surface area contributed by atoms with Crippen molar-refractivity contribution >= 4 is 11.9 Å². The van der Waals surface area contributed by atoms with E-state index in [2.05, 4.69) is 5.32 Å². The molecular formula is C13H16FNO3. The Labute approximate surface area is 105 Å². The van der Waals surface area contributed by atoms with Crippen molar-refractivity contribution in [1.82, 2.24) is 5.32 Å². The maximum atomic E-state index is 13.3. The maximum absolute atomic E-state index is 13.3. The number of hydrogen-bond acceptors (Lipinski definition) is 2. The number of benzene rings is 1. The highest BCUT2D eigenvalue weighted by Gasteiger charge is 2.11. The van der Waals surface area contributed by atoms with Crippen LogP contribution in [0.25, 0.3) is 0 Å². The number of rotatable bonds is 5. The highest BCUT2D eigenvalue weighted by Crippen LogP contribution is 2.09. The third kappa shape index (κ3) is 4.16. The van der Waals surface area contributed by atoms with E-state index in [0.717, 1.165) is 0 Å². The molecule has 2 N–H and O–H groups in total. The zero-order valence-electron chi connectivity index (χ0n) is 10.4. The van der Waals surface area contributed by atoms with Gasteiger partial charge in [-0.25, -0.2) is 4.39 Å². The first-order chi connectivity index (χ1) is 8.40. The van der Waals surface area contributed by atoms with Crippen LogP contribution in [0.3, 0.4) is 0 Å². The molecule has 0 fully saturated rings. The Morgan fingerprint density at radius 1 is 1.44 bits per heavy atom. The number of hydrogen-bond donors (Lipinski definition) is 2. The van der Waals surface area contributed by atoms with Crippen LogP contribution in [-0.2, 0) is 4.79 Å². The second kappa shape index (κ2) is 6.14. The number of aryl methyl sites for hydroxylation is 1. The van der Waals surface area contributed by atoms with E-state index in [0.29, 0.717) is 5.56 Å². The molecule has 5 heteroatoms. The summed E-state index contributed by atoms with van der Waals surface area (Å²) in [6.07, 6.45) is -0.0114. The maximum Gasteiger partial charge on any atom is 0.303 e. The van der Waals surface area contributed by atoms with Gasteiger partial charge in [-0.2, -0.15) is 0 Å². The van der Waals surface area contributed by atoms with Gasteiger partial charge in [0.15, 0.2) is 0 Å². The summed E-state index contributed by atoms with van der Waals surface area (Å²) in [6.45, 7) is 3.59. The van der Waals surface area contributed by atoms with Crippen LogP contribution in [0.4, 0.5) is 4.39 Å². The quantitative estimate of drug-likeness (QED) is 0.843. The minimum atomic E-state index is -0.905. The van der Waals surface area contributed by atoms with E-state index < -0.39 is 17.7 Å². The second-order valence-electron chi connectivity index (χ2n) is 4.38. The van der Waals surface area contributed by atoms with E-state index in [-0.39, 0.29) is 24.4 Å². The van der Waals surface area contributed by atoms with Crippen LogP contribution < -0.4 is 5.32 Å². The van der Waals surface area contributed by atoms with Crippen LogP contribution in [0.1, 0.15) is 29.3 Å². The predicted octanol–water partition coefficient (Wildman–Crippen LogP) is 1.97. The van der Waals surface area contributed by atoms with E-state index in [9.17, 15) is 14.0 Å². The zero-order valence-corrected chi connectivity index (χ0v) is 10.4. The number of nitrogens with one attached hydrogen (secondary N) is 1. The van der Waals surface area contributed by atoms with Crippen LogP contribution in [0, 0.1) is 18.7 Å². The van der Waals surface area contributed by atoms with Crippen molar-refractivity contribution < 1.29 is 19.1 Å². The number of carboxylic acid groups (broad SMARTS) is 1. The van der Waals surface area contributed by atoms with Gasteiger partial charge in [-0.05, 0) is 30.5 Å². The van der Waals surface area contributed by atoms with Gasteiger partial charge in [0.2, 0.25) is 0 Å². The average Bonchev–Trinajstić information content (AvgIpc) is 2.28. The molecule has 98 valence electrons. The molecular weight excluding hydrogens is 237 g/mol. The van der Waals surface area contributed by atoms with E-state index >= 15 is 0 Å². The van der Waals surface area contributed by atoms with Crippen LogP contribution in [0.15, 0.2) is 18.2 Å². The molecule has 1 aromatic carbocycles. The van der Waals surface area contributed by atoms with E-state index in [4.69, 9.17) is 5.11 Å². The lowest BCUT2D eigenvalue weighted by Gasteiger charge is -2.10. The summed E-state index contributed by atoms with van der Waals surface area (Å²) in [5, 5.41) is 11.2. The Balaban J connectivity index is 2.55. The Bertz CT molecular complexity index is 460. The topological polar surface area (TPSA) is 66.4 Å². The molecule has 0 aliphatic carbocycles. The van der Waals surface area contributed by atoms with Gasteiger partial charge in [0.25, 0.3) is 5.91 Å². The summed E-state index contributed by atoms with van der Waals surface area (Å²) in [5.74, 6) is -1.90. The van der Waals surface area contributed by atoms with Gasteiger partial charge >= 0.3 is 5.97 Å². The second-order valence-corrected chi connectivity index (χ2v) is 4.38. The molecule has 0 bridgehead atoms. The van der Waals surface area contributed by atoms with Gasteiger partial charge in [-0.1, -0.05) is 13.0 Å². The van der Waals surface area contributed by atoms with Crippen molar-refractivity contribution in [3.05, 3.63) is 35.1 Å². The molecule has 18 heavy (non-hydrogen) atoms. The Kier molecular flexibility index (Phi) is 4.83. The molecule has 0 saturated heterocycles. The minimum absolute atomic E-state index is 0.0114. The molecule has 1 atom stereocenters. The standard InChI is InChI=1S/C13H16FNO3/c1-8(5-12(16)17)7-15-13(18)10-4-3-9(2)11(14)6-10/h3-4,6,8H,5,7H2,1-2H3,(H,15,18)(H,16,17). The summed E-state index contributed by atoms with van der Waals surface area (Å²) in [4.78, 5) is 22.1. The number of carboxylic acids is 1. The van der Waals surface area contributed by atoms with Crippen LogP contribution in [0.5, 0.6) is 0 Å². The molecule has 0 heterocycles. The third-order valence-corrected chi connectivity index (χ3v) is 2.57. The number of aliphatic carboxylic acids is 1. The fourth-order valence-corrected chi connectivity index (χ4v) is 1.47. The average molecular weight is 253 g/mol. The van der Waals surface area contributed by atoms with E-state index in [1.54, 1.807) is 13.8 Å². The van der Waals surface area contributed by atoms with Gasteiger partial charge in [0.05, 0.1) is 0 Å². The SMILES string of the molecule is Cc1ccc(C(=O)NCC(C)CC(=O)O)cc1F. The molecule has 1 unspecified atom stereocenters. The van der Waals surface area contributed by atoms with Crippen molar-refractivity contribution in [2.75, 3.05) is 6.54 Å². The van der Waals surface area contributed by atoms with Crippen LogP contribution in [0.2, 0.25) is 0 Å². The van der Waals surface area contributed by atoms with Gasteiger partial charge < -0.3 is 10.4 Å². The van der Waals surface area contributed by atoms with E-state index in [1.807, 2.05) is 0 Å². The molecule has 0 aliphatic rings. The highest BCUT2D eigenvalue weighted by molar-refractivity contribution is 5.94. The Morgan fingerprint density at radius 3 is 2.67 bits per heavy atom. The largest absolute Gasteiger partial charge is 0.481 e. The first-order valence-electron chi connectivity index (χ1n) is 5.66. The van der Waals surface area contributed by atoms with Gasteiger partial charge in [0, 0.05) is 18.5 Å². The summed E-state index contributed by atoms with van der Waals surface area (Å²) >= 11 is 0. The predicted molar refractivity (Wildman–Crippen MR) is 64.9 cm³/mol. The van der Waals surface area contributed by atoms with Gasteiger partial charge in [0.1, 0.15) is 5.82 Å². The molecule has 4 nitrogen and oxygen atoms in total. The number of halogens is 1. The van der Waals surface area contributed by atoms with Crippen LogP contribution >= 0.6 is 0 Å². The molecule has 0 aliphatic heterocycles. The molecule has 1 rings (SSSR count). The molecule has 1 aromatic rings. The van der Waals surface area contributed by atoms with Crippen molar-refractivity contribution in [3.8, 4) is 0 Å². The normalized spacial score (nSPS) is 11.9. The highest BCUT2D eigenvalue weighted by atomic mass is 19.1. The third-order valence-electron chi connectivity index (χ3n) is 2.57. The monoisotopic (exact) mass is 253 g/mol. The lowest BCUT2D eigenvalue weighted by atomic mass is 10.1. The molecule has 1 amide bonds. The summed E-state index contributed by atoms with van der Waals surface area (Å²) in [6, 6.07) is 4.24. The minimum Gasteiger partial charge on any atom is -0.481 e. The summed E-state index contributed by atoms with van der Waals surface area (Å²) in [5.41, 5.74) is 0.714. The molecule has 0 radical (unpaired) electrons. The smallest absolute Gasteiger partial charge is 0.303 e. The Hall–Kier alpha value is -1.91. The summed E-state index contributed by atoms with van der Waals surface area (Å²) in [7, 11) is 0. The fraction of sp³-hybridized carbons (Fsp3) is 0.385. The van der Waals surface area contributed by atoms with Crippen molar-refractivity contribution in [3.63, 3.8) is 0 Å². The van der Waals surface area contributed by atoms with Crippen LogP contribution in [-0.4, -0.2) is 23.5 Å². The first kappa shape index (κ1) is 14.2. The van der Waals surface area contributed by atoms with Gasteiger partial charge in [-0.15, -0.1) is 0 Å². The molecule has 0 spiro atoms. The van der Waals surface area contributed by atoms with Crippen molar-refractivity contribution in [1.29, 1.82) is 0 Å². The summed E-state index contributed by atoms with van der Waals surface area (Å²) < 4.78 is 13.3. The van der Waals surface area contributed by atoms with Crippen molar-refractivity contribution in [2.24, 2.45) is 5.92 Å². The number of carbonyl (C=O) groups excluding carboxylic acids is 1.